The summed E-state index contributed by atoms with van der Waals surface area (Å²) in [6.45, 7) is 7.81. The highest BCUT2D eigenvalue weighted by molar-refractivity contribution is 9.10. The molecule has 2 aliphatic rings. The van der Waals surface area contributed by atoms with Crippen molar-refractivity contribution in [1.29, 1.82) is 0 Å². The van der Waals surface area contributed by atoms with E-state index in [9.17, 15) is 9.59 Å². The van der Waals surface area contributed by atoms with Gasteiger partial charge in [-0.15, -0.1) is 0 Å². The van der Waals surface area contributed by atoms with Gasteiger partial charge in [-0.3, -0.25) is 14.6 Å². The van der Waals surface area contributed by atoms with E-state index >= 15 is 0 Å². The largest absolute Gasteiger partial charge is 0.456 e. The standard InChI is InChI=1S/C39H33BrClN3O4/c1-5-43(37(46)48-38(2,3)4)27-19-20-30-35(23-27)47-34-21-16-25(42-33-13-9-8-12-32(33)41)22-31(34)39(30)29-11-7-6-10-28(29)36(45)44(39)26-17-14-24(40)15-18-26/h6-23,42H,5H2,1-4H3. The number of hydrogen-bond acceptors (Lipinski definition) is 5. The number of para-hydroxylation sites is 1. The first-order valence-electron chi connectivity index (χ1n) is 15.7. The molecule has 5 aromatic rings. The van der Waals surface area contributed by atoms with Gasteiger partial charge in [0.05, 0.1) is 16.4 Å². The number of amides is 2. The Balaban J connectivity index is 1.48. The molecule has 2 amide bonds. The van der Waals surface area contributed by atoms with E-state index in [0.29, 0.717) is 34.3 Å². The molecule has 0 aromatic heterocycles. The molecular weight excluding hydrogens is 690 g/mol. The fraction of sp³-hybridized carbons (Fsp3) is 0.179. The molecule has 7 rings (SSSR count). The number of halogens is 2. The van der Waals surface area contributed by atoms with Crippen LogP contribution in [0.4, 0.5) is 27.5 Å². The predicted octanol–water partition coefficient (Wildman–Crippen LogP) is 10.7. The van der Waals surface area contributed by atoms with Gasteiger partial charge in [0.2, 0.25) is 0 Å². The summed E-state index contributed by atoms with van der Waals surface area (Å²) in [5, 5.41) is 4.04. The molecular formula is C39H33BrClN3O4. The number of nitrogens with zero attached hydrogens (tertiary/aromatic N) is 2. The van der Waals surface area contributed by atoms with Gasteiger partial charge in [-0.1, -0.05) is 63.9 Å². The number of hydrogen-bond donors (Lipinski definition) is 1. The normalized spacial score (nSPS) is 16.1. The molecule has 0 saturated carbocycles. The molecule has 2 aliphatic heterocycles. The average Bonchev–Trinajstić information content (AvgIpc) is 3.31. The Morgan fingerprint density at radius 2 is 1.62 bits per heavy atom. The summed E-state index contributed by atoms with van der Waals surface area (Å²) in [4.78, 5) is 31.3. The van der Waals surface area contributed by atoms with Crippen LogP contribution in [0.1, 0.15) is 54.7 Å². The van der Waals surface area contributed by atoms with Gasteiger partial charge in [0, 0.05) is 50.7 Å². The van der Waals surface area contributed by atoms with Gasteiger partial charge in [0.25, 0.3) is 5.91 Å². The number of rotatable bonds is 5. The van der Waals surface area contributed by atoms with Crippen LogP contribution in [0.5, 0.6) is 11.5 Å². The first-order valence-corrected chi connectivity index (χ1v) is 16.9. The zero-order chi connectivity index (χ0) is 33.8. The molecule has 0 aliphatic carbocycles. The number of anilines is 4. The Morgan fingerprint density at radius 3 is 2.35 bits per heavy atom. The van der Waals surface area contributed by atoms with Gasteiger partial charge in [-0.2, -0.15) is 0 Å². The highest BCUT2D eigenvalue weighted by atomic mass is 79.9. The van der Waals surface area contributed by atoms with Crippen molar-refractivity contribution in [1.82, 2.24) is 0 Å². The lowest BCUT2D eigenvalue weighted by Gasteiger charge is -2.44. The van der Waals surface area contributed by atoms with Crippen LogP contribution in [0.25, 0.3) is 0 Å². The summed E-state index contributed by atoms with van der Waals surface area (Å²) >= 11 is 10.1. The van der Waals surface area contributed by atoms with Crippen molar-refractivity contribution in [2.75, 3.05) is 21.7 Å². The second-order valence-electron chi connectivity index (χ2n) is 12.7. The number of carbonyl (C=O) groups is 2. The number of ether oxygens (including phenoxy) is 2. The van der Waals surface area contributed by atoms with Gasteiger partial charge in [0.15, 0.2) is 0 Å². The third kappa shape index (κ3) is 5.29. The number of benzene rings is 5. The minimum atomic E-state index is -1.12. The molecule has 48 heavy (non-hydrogen) atoms. The van der Waals surface area contributed by atoms with Crippen LogP contribution >= 0.6 is 27.5 Å². The lowest BCUT2D eigenvalue weighted by Crippen LogP contribution is -2.47. The highest BCUT2D eigenvalue weighted by Gasteiger charge is 2.57. The minimum absolute atomic E-state index is 0.135. The molecule has 1 spiro atoms. The Labute approximate surface area is 293 Å². The smallest absolute Gasteiger partial charge is 0.414 e. The monoisotopic (exact) mass is 721 g/mol. The molecule has 9 heteroatoms. The SMILES string of the molecule is CCN(C(=O)OC(C)(C)C)c1ccc2c(c1)Oc1ccc(Nc3ccccc3Cl)cc1C21c2ccccc2C(=O)N1c1ccc(Br)cc1. The summed E-state index contributed by atoms with van der Waals surface area (Å²) < 4.78 is 13.3. The third-order valence-corrected chi connectivity index (χ3v) is 9.37. The van der Waals surface area contributed by atoms with Gasteiger partial charge in [-0.25, -0.2) is 4.79 Å². The lowest BCUT2D eigenvalue weighted by molar-refractivity contribution is 0.0582. The summed E-state index contributed by atoms with van der Waals surface area (Å²) in [6, 6.07) is 34.5. The Hall–Kier alpha value is -4.79. The molecule has 0 fully saturated rings. The maximum absolute atomic E-state index is 14.6. The van der Waals surface area contributed by atoms with Crippen molar-refractivity contribution in [3.8, 4) is 11.5 Å². The molecule has 0 bridgehead atoms. The van der Waals surface area contributed by atoms with E-state index in [0.717, 1.165) is 38.2 Å². The molecule has 1 unspecified atom stereocenters. The fourth-order valence-electron chi connectivity index (χ4n) is 6.57. The number of fused-ring (bicyclic) bond motifs is 6. The Bertz CT molecular complexity index is 2080. The van der Waals surface area contributed by atoms with Crippen LogP contribution in [0.2, 0.25) is 5.02 Å². The Kier molecular flexibility index (Phi) is 7.96. The van der Waals surface area contributed by atoms with E-state index in [2.05, 4.69) is 21.2 Å². The zero-order valence-electron chi connectivity index (χ0n) is 26.9. The molecule has 0 saturated heterocycles. The maximum Gasteiger partial charge on any atom is 0.414 e. The summed E-state index contributed by atoms with van der Waals surface area (Å²) in [7, 11) is 0. The molecule has 2 heterocycles. The van der Waals surface area contributed by atoms with E-state index < -0.39 is 17.2 Å². The first-order chi connectivity index (χ1) is 23.0. The van der Waals surface area contributed by atoms with E-state index in [1.54, 1.807) is 4.90 Å². The van der Waals surface area contributed by atoms with Crippen LogP contribution in [-0.2, 0) is 10.3 Å². The van der Waals surface area contributed by atoms with E-state index in [1.165, 1.54) is 0 Å². The van der Waals surface area contributed by atoms with Gasteiger partial charge in [0.1, 0.15) is 22.6 Å². The molecule has 7 nitrogen and oxygen atoms in total. The molecule has 5 aromatic carbocycles. The number of nitrogens with one attached hydrogen (secondary N) is 1. The van der Waals surface area contributed by atoms with Crippen LogP contribution < -0.4 is 19.9 Å². The maximum atomic E-state index is 14.6. The molecule has 242 valence electrons. The predicted molar refractivity (Wildman–Crippen MR) is 194 cm³/mol. The van der Waals surface area contributed by atoms with Crippen molar-refractivity contribution in [3.63, 3.8) is 0 Å². The van der Waals surface area contributed by atoms with E-state index in [-0.39, 0.29) is 5.91 Å². The van der Waals surface area contributed by atoms with E-state index in [4.69, 9.17) is 21.1 Å². The van der Waals surface area contributed by atoms with Crippen LogP contribution in [0, 0.1) is 0 Å². The minimum Gasteiger partial charge on any atom is -0.456 e. The van der Waals surface area contributed by atoms with Crippen LogP contribution in [-0.4, -0.2) is 24.1 Å². The third-order valence-electron chi connectivity index (χ3n) is 8.51. The van der Waals surface area contributed by atoms with Crippen molar-refractivity contribution in [2.45, 2.75) is 38.8 Å². The van der Waals surface area contributed by atoms with Crippen molar-refractivity contribution in [3.05, 3.63) is 141 Å². The summed E-state index contributed by atoms with van der Waals surface area (Å²) in [6.07, 6.45) is -0.455. The molecule has 1 N–H and O–H groups in total. The summed E-state index contributed by atoms with van der Waals surface area (Å²) in [5.74, 6) is 0.973. The van der Waals surface area contributed by atoms with Crippen molar-refractivity contribution in [2.24, 2.45) is 0 Å². The quantitative estimate of drug-likeness (QED) is 0.196. The second-order valence-corrected chi connectivity index (χ2v) is 14.0. The van der Waals surface area contributed by atoms with Crippen LogP contribution in [0.3, 0.4) is 0 Å². The van der Waals surface area contributed by atoms with Crippen molar-refractivity contribution < 1.29 is 19.1 Å². The molecule has 0 radical (unpaired) electrons. The number of carbonyl (C=O) groups excluding carboxylic acids is 2. The van der Waals surface area contributed by atoms with Gasteiger partial charge >= 0.3 is 6.09 Å². The van der Waals surface area contributed by atoms with Crippen molar-refractivity contribution >= 4 is 62.3 Å². The first kappa shape index (κ1) is 31.8. The van der Waals surface area contributed by atoms with Crippen LogP contribution in [0.15, 0.2) is 114 Å². The topological polar surface area (TPSA) is 71.1 Å². The van der Waals surface area contributed by atoms with Gasteiger partial charge in [-0.05, 0) is 94.4 Å². The van der Waals surface area contributed by atoms with Gasteiger partial charge < -0.3 is 14.8 Å². The zero-order valence-corrected chi connectivity index (χ0v) is 29.2. The fourth-order valence-corrected chi connectivity index (χ4v) is 7.02. The van der Waals surface area contributed by atoms with E-state index in [1.807, 2.05) is 142 Å². The Morgan fingerprint density at radius 1 is 0.896 bits per heavy atom. The molecule has 1 atom stereocenters. The highest BCUT2D eigenvalue weighted by Crippen LogP contribution is 2.59. The lowest BCUT2D eigenvalue weighted by atomic mass is 9.74. The average molecular weight is 723 g/mol. The summed E-state index contributed by atoms with van der Waals surface area (Å²) in [5.41, 5.74) is 4.05. The second kappa shape index (κ2) is 12.0.